The quantitative estimate of drug-likeness (QED) is 0.278. The number of nitrogens with one attached hydrogen (secondary N) is 1. The Balaban J connectivity index is 1.17. The molecule has 6 rings (SSSR count). The fourth-order valence-electron chi connectivity index (χ4n) is 5.90. The van der Waals surface area contributed by atoms with Gasteiger partial charge in [-0.1, -0.05) is 13.8 Å². The van der Waals surface area contributed by atoms with Crippen LogP contribution in [0.1, 0.15) is 67.1 Å². The number of hydrogen-bond donors (Lipinski definition) is 1. The molecule has 10 nitrogen and oxygen atoms in total. The fourth-order valence-corrected chi connectivity index (χ4v) is 6.48. The van der Waals surface area contributed by atoms with Crippen LogP contribution in [0.3, 0.4) is 0 Å². The van der Waals surface area contributed by atoms with Crippen molar-refractivity contribution in [3.05, 3.63) is 71.2 Å². The van der Waals surface area contributed by atoms with E-state index in [0.717, 1.165) is 81.0 Å². The van der Waals surface area contributed by atoms with Gasteiger partial charge in [-0.05, 0) is 80.1 Å². The van der Waals surface area contributed by atoms with Crippen molar-refractivity contribution in [2.24, 2.45) is 0 Å². The smallest absolute Gasteiger partial charge is 0.423 e. The monoisotopic (exact) mass is 635 g/mol. The largest absolute Gasteiger partial charge is 0.457 e. The summed E-state index contributed by atoms with van der Waals surface area (Å²) < 4.78 is 32.2. The Hall–Kier alpha value is -3.74. The molecule has 1 aromatic heterocycles. The van der Waals surface area contributed by atoms with Crippen molar-refractivity contribution in [3.8, 4) is 22.8 Å². The Labute approximate surface area is 266 Å². The molecule has 238 valence electrons. The number of benzene rings is 2. The third-order valence-electron chi connectivity index (χ3n) is 8.58. The van der Waals surface area contributed by atoms with Crippen LogP contribution in [0.25, 0.3) is 11.3 Å². The number of aromatic nitrogens is 2. The number of carbonyl (C=O) groups excluding carboxylic acids is 2. The molecule has 3 aromatic rings. The molecule has 3 fully saturated rings. The first kappa shape index (κ1) is 31.3. The van der Waals surface area contributed by atoms with E-state index >= 15 is 4.39 Å². The Kier molecular flexibility index (Phi) is 9.82. The van der Waals surface area contributed by atoms with Crippen LogP contribution in [0.15, 0.2) is 48.5 Å². The molecular formula is C33H38FN5O5S. The molecule has 3 aliphatic rings. The van der Waals surface area contributed by atoms with Gasteiger partial charge in [0, 0.05) is 49.5 Å². The summed E-state index contributed by atoms with van der Waals surface area (Å²) in [6, 6.07) is 14.4. The van der Waals surface area contributed by atoms with Crippen LogP contribution < -0.4 is 10.1 Å². The van der Waals surface area contributed by atoms with E-state index in [2.05, 4.69) is 34.3 Å². The van der Waals surface area contributed by atoms with E-state index in [9.17, 15) is 9.59 Å². The molecule has 0 atom stereocenters. The maximum Gasteiger partial charge on any atom is 0.423 e. The summed E-state index contributed by atoms with van der Waals surface area (Å²) in [4.78, 5) is 29.4. The Morgan fingerprint density at radius 2 is 1.82 bits per heavy atom. The van der Waals surface area contributed by atoms with Crippen LogP contribution in [0, 0.1) is 5.82 Å². The van der Waals surface area contributed by atoms with E-state index in [1.54, 1.807) is 12.1 Å². The molecule has 45 heavy (non-hydrogen) atoms. The van der Waals surface area contributed by atoms with Crippen LogP contribution in [-0.4, -0.2) is 76.3 Å². The second-order valence-corrected chi connectivity index (χ2v) is 12.6. The number of nitrogens with zero attached hydrogens (tertiary/aromatic N) is 4. The SMILES string of the molecule is CC(C)c1ccc(-c2ccc(Oc3cc(C(=O)NC4CCN(C5CCOCC5)CC4)c(F)cc3CN3CSOC3=O)cc2)nn1. The third-order valence-corrected chi connectivity index (χ3v) is 9.26. The van der Waals surface area contributed by atoms with Gasteiger partial charge in [0.1, 0.15) is 23.2 Å². The standard InChI is InChI=1S/C33H38FN5O5S/c1-21(2)29-7-8-30(37-36-29)22-3-5-26(6-4-22)43-31-18-27(28(34)17-23(31)19-39-20-45-44-33(39)41)32(40)35-24-9-13-38(14-10-24)25-11-15-42-16-12-25/h3-8,17-18,21,24-25H,9-16,19-20H2,1-2H3,(H,35,40). The van der Waals surface area contributed by atoms with Gasteiger partial charge in [-0.15, -0.1) is 0 Å². The van der Waals surface area contributed by atoms with Gasteiger partial charge in [-0.3, -0.25) is 9.69 Å². The van der Waals surface area contributed by atoms with Crippen LogP contribution >= 0.6 is 12.0 Å². The molecule has 0 spiro atoms. The maximum absolute atomic E-state index is 15.5. The summed E-state index contributed by atoms with van der Waals surface area (Å²) in [6.07, 6.45) is 3.17. The second kappa shape index (κ2) is 14.1. The summed E-state index contributed by atoms with van der Waals surface area (Å²) >= 11 is 1.02. The number of ether oxygens (including phenoxy) is 2. The van der Waals surface area contributed by atoms with Crippen molar-refractivity contribution in [1.82, 2.24) is 25.3 Å². The lowest BCUT2D eigenvalue weighted by molar-refractivity contribution is 0.0238. The molecule has 3 aliphatic heterocycles. The van der Waals surface area contributed by atoms with Gasteiger partial charge in [0.05, 0.1) is 35.5 Å². The predicted molar refractivity (Wildman–Crippen MR) is 168 cm³/mol. The van der Waals surface area contributed by atoms with Crippen molar-refractivity contribution >= 4 is 24.0 Å². The molecule has 0 saturated carbocycles. The summed E-state index contributed by atoms with van der Waals surface area (Å²) in [7, 11) is 0. The molecular weight excluding hydrogens is 597 g/mol. The molecule has 2 amide bonds. The lowest BCUT2D eigenvalue weighted by Crippen LogP contribution is -2.49. The van der Waals surface area contributed by atoms with Gasteiger partial charge >= 0.3 is 6.09 Å². The highest BCUT2D eigenvalue weighted by Crippen LogP contribution is 2.33. The molecule has 2 aromatic carbocycles. The molecule has 0 unspecified atom stereocenters. The highest BCUT2D eigenvalue weighted by Gasteiger charge is 2.29. The number of rotatable bonds is 9. The summed E-state index contributed by atoms with van der Waals surface area (Å²) in [5, 5.41) is 11.7. The van der Waals surface area contributed by atoms with Crippen molar-refractivity contribution < 1.29 is 27.6 Å². The Bertz CT molecular complexity index is 1490. The first-order valence-electron chi connectivity index (χ1n) is 15.5. The topological polar surface area (TPSA) is 106 Å². The summed E-state index contributed by atoms with van der Waals surface area (Å²) in [5.41, 5.74) is 2.84. The number of piperidine rings is 1. The van der Waals surface area contributed by atoms with Gasteiger partial charge in [-0.25, -0.2) is 9.18 Å². The van der Waals surface area contributed by atoms with Crippen LogP contribution in [0.4, 0.5) is 9.18 Å². The van der Waals surface area contributed by atoms with Crippen molar-refractivity contribution in [2.45, 2.75) is 64.1 Å². The fraction of sp³-hybridized carbons (Fsp3) is 0.455. The van der Waals surface area contributed by atoms with Gasteiger partial charge in [0.2, 0.25) is 0 Å². The second-order valence-electron chi connectivity index (χ2n) is 12.0. The third kappa shape index (κ3) is 7.57. The molecule has 0 radical (unpaired) electrons. The lowest BCUT2D eigenvalue weighted by Gasteiger charge is -2.39. The Morgan fingerprint density at radius 1 is 1.07 bits per heavy atom. The molecule has 0 bridgehead atoms. The molecule has 12 heteroatoms. The van der Waals surface area contributed by atoms with Gasteiger partial charge in [-0.2, -0.15) is 10.2 Å². The molecule has 0 aliphatic carbocycles. The zero-order valence-corrected chi connectivity index (χ0v) is 26.4. The number of halogens is 1. The van der Waals surface area contributed by atoms with Crippen molar-refractivity contribution in [3.63, 3.8) is 0 Å². The number of hydrogen-bond acceptors (Lipinski definition) is 9. The van der Waals surface area contributed by atoms with Crippen LogP contribution in [0.2, 0.25) is 0 Å². The van der Waals surface area contributed by atoms with E-state index in [1.807, 2.05) is 24.3 Å². The van der Waals surface area contributed by atoms with E-state index in [0.29, 0.717) is 23.2 Å². The van der Waals surface area contributed by atoms with E-state index in [4.69, 9.17) is 13.7 Å². The minimum absolute atomic E-state index is 0.0429. The minimum atomic E-state index is -0.673. The zero-order valence-electron chi connectivity index (χ0n) is 25.5. The van der Waals surface area contributed by atoms with Crippen molar-refractivity contribution in [2.75, 3.05) is 32.2 Å². The molecule has 4 heterocycles. The summed E-state index contributed by atoms with van der Waals surface area (Å²) in [5.74, 6) is 0.213. The highest BCUT2D eigenvalue weighted by atomic mass is 32.2. The molecule has 1 N–H and O–H groups in total. The number of carbonyl (C=O) groups is 2. The van der Waals surface area contributed by atoms with Crippen molar-refractivity contribution in [1.29, 1.82) is 0 Å². The Morgan fingerprint density at radius 3 is 2.47 bits per heavy atom. The minimum Gasteiger partial charge on any atom is -0.457 e. The molecule has 3 saturated heterocycles. The van der Waals surface area contributed by atoms with Gasteiger partial charge in [0.15, 0.2) is 0 Å². The van der Waals surface area contributed by atoms with E-state index in [1.165, 1.54) is 17.0 Å². The average Bonchev–Trinajstić information content (AvgIpc) is 3.47. The van der Waals surface area contributed by atoms with Crippen LogP contribution in [0.5, 0.6) is 11.5 Å². The van der Waals surface area contributed by atoms with E-state index in [-0.39, 0.29) is 29.8 Å². The predicted octanol–water partition coefficient (Wildman–Crippen LogP) is 6.13. The number of amides is 2. The zero-order chi connectivity index (χ0) is 31.3. The van der Waals surface area contributed by atoms with Crippen LogP contribution in [-0.2, 0) is 15.5 Å². The van der Waals surface area contributed by atoms with E-state index < -0.39 is 17.8 Å². The average molecular weight is 636 g/mol. The van der Waals surface area contributed by atoms with Gasteiger partial charge in [0.25, 0.3) is 5.91 Å². The summed E-state index contributed by atoms with van der Waals surface area (Å²) in [6.45, 7) is 7.57. The highest BCUT2D eigenvalue weighted by molar-refractivity contribution is 7.95. The van der Waals surface area contributed by atoms with Gasteiger partial charge < -0.3 is 23.9 Å². The lowest BCUT2D eigenvalue weighted by atomic mass is 9.99. The first-order chi connectivity index (χ1) is 21.8. The first-order valence-corrected chi connectivity index (χ1v) is 16.4. The number of likely N-dealkylation sites (tertiary alicyclic amines) is 1. The maximum atomic E-state index is 15.5. The normalized spacial score (nSPS) is 18.3.